The molecule has 1 aromatic rings. The molecule has 132 valence electrons. The standard InChI is InChI=1S/C18H26BrN3O2/c1-11(2)16(20)18(24)21-10-15(23)22-17(12-4-3-5-12)13-6-8-14(19)9-7-13/h6-9,11-12,16-17H,3-5,10,20H2,1-2H3,(H,21,24)(H,22,23)/t16-,17?/m0/s1. The van der Waals surface area contributed by atoms with E-state index in [4.69, 9.17) is 5.73 Å². The summed E-state index contributed by atoms with van der Waals surface area (Å²) >= 11 is 3.43. The molecule has 0 saturated heterocycles. The Hall–Kier alpha value is -1.40. The van der Waals surface area contributed by atoms with Crippen LogP contribution < -0.4 is 16.4 Å². The summed E-state index contributed by atoms with van der Waals surface area (Å²) in [5.74, 6) is 0.0328. The Labute approximate surface area is 151 Å². The second kappa shape index (κ2) is 8.62. The maximum absolute atomic E-state index is 12.3. The van der Waals surface area contributed by atoms with Crippen LogP contribution in [0.2, 0.25) is 0 Å². The number of nitrogens with two attached hydrogens (primary N) is 1. The van der Waals surface area contributed by atoms with E-state index < -0.39 is 6.04 Å². The van der Waals surface area contributed by atoms with Gasteiger partial charge in [0.05, 0.1) is 18.6 Å². The van der Waals surface area contributed by atoms with E-state index in [0.717, 1.165) is 22.9 Å². The minimum absolute atomic E-state index is 0.00461. The number of rotatable bonds is 7. The van der Waals surface area contributed by atoms with E-state index in [9.17, 15) is 9.59 Å². The first-order valence-corrected chi connectivity index (χ1v) is 9.26. The first-order valence-electron chi connectivity index (χ1n) is 8.46. The Bertz CT molecular complexity index is 570. The summed E-state index contributed by atoms with van der Waals surface area (Å²) in [6.45, 7) is 3.72. The van der Waals surface area contributed by atoms with Gasteiger partial charge in [0, 0.05) is 4.47 Å². The van der Waals surface area contributed by atoms with E-state index in [1.807, 2.05) is 38.1 Å². The summed E-state index contributed by atoms with van der Waals surface area (Å²) in [6, 6.07) is 7.43. The van der Waals surface area contributed by atoms with E-state index >= 15 is 0 Å². The average Bonchev–Trinajstić information content (AvgIpc) is 2.50. The lowest BCUT2D eigenvalue weighted by Gasteiger charge is -2.34. The summed E-state index contributed by atoms with van der Waals surface area (Å²) in [5, 5.41) is 5.69. The van der Waals surface area contributed by atoms with Crippen LogP contribution in [0, 0.1) is 11.8 Å². The summed E-state index contributed by atoms with van der Waals surface area (Å²) in [4.78, 5) is 24.1. The Morgan fingerprint density at radius 2 is 1.88 bits per heavy atom. The Kier molecular flexibility index (Phi) is 6.80. The monoisotopic (exact) mass is 395 g/mol. The Morgan fingerprint density at radius 1 is 1.25 bits per heavy atom. The third kappa shape index (κ3) is 5.05. The molecule has 1 unspecified atom stereocenters. The summed E-state index contributed by atoms with van der Waals surface area (Å²) < 4.78 is 1.01. The maximum Gasteiger partial charge on any atom is 0.239 e. The molecule has 1 aromatic carbocycles. The minimum Gasteiger partial charge on any atom is -0.347 e. The topological polar surface area (TPSA) is 84.2 Å². The number of nitrogens with one attached hydrogen (secondary N) is 2. The molecule has 0 radical (unpaired) electrons. The molecular weight excluding hydrogens is 370 g/mol. The SMILES string of the molecule is CC(C)[C@H](N)C(=O)NCC(=O)NC(c1ccc(Br)cc1)C1CCC1. The van der Waals surface area contributed by atoms with E-state index in [-0.39, 0.29) is 30.3 Å². The molecule has 5 nitrogen and oxygen atoms in total. The van der Waals surface area contributed by atoms with Gasteiger partial charge in [0.1, 0.15) is 0 Å². The smallest absolute Gasteiger partial charge is 0.239 e. The van der Waals surface area contributed by atoms with Gasteiger partial charge in [0.15, 0.2) is 0 Å². The van der Waals surface area contributed by atoms with Crippen molar-refractivity contribution in [2.24, 2.45) is 17.6 Å². The first-order chi connectivity index (χ1) is 11.4. The van der Waals surface area contributed by atoms with Crippen LogP contribution >= 0.6 is 15.9 Å². The predicted molar refractivity (Wildman–Crippen MR) is 98.2 cm³/mol. The van der Waals surface area contributed by atoms with Crippen molar-refractivity contribution in [2.45, 2.75) is 45.2 Å². The van der Waals surface area contributed by atoms with E-state index in [2.05, 4.69) is 26.6 Å². The van der Waals surface area contributed by atoms with Crippen molar-refractivity contribution in [1.29, 1.82) is 0 Å². The molecule has 2 rings (SSSR count). The number of halogens is 1. The molecule has 0 aromatic heterocycles. The number of carbonyl (C=O) groups excluding carboxylic acids is 2. The molecule has 1 aliphatic carbocycles. The Morgan fingerprint density at radius 3 is 2.38 bits per heavy atom. The van der Waals surface area contributed by atoms with Gasteiger partial charge in [-0.3, -0.25) is 9.59 Å². The quantitative estimate of drug-likeness (QED) is 0.662. The van der Waals surface area contributed by atoms with Gasteiger partial charge < -0.3 is 16.4 Å². The fourth-order valence-corrected chi connectivity index (χ4v) is 2.99. The highest BCUT2D eigenvalue weighted by Gasteiger charge is 2.30. The molecular formula is C18H26BrN3O2. The largest absolute Gasteiger partial charge is 0.347 e. The van der Waals surface area contributed by atoms with Crippen molar-refractivity contribution in [3.05, 3.63) is 34.3 Å². The fourth-order valence-electron chi connectivity index (χ4n) is 2.73. The van der Waals surface area contributed by atoms with Crippen molar-refractivity contribution in [1.82, 2.24) is 10.6 Å². The van der Waals surface area contributed by atoms with Gasteiger partial charge in [-0.2, -0.15) is 0 Å². The molecule has 1 aliphatic rings. The zero-order chi connectivity index (χ0) is 17.7. The summed E-state index contributed by atoms with van der Waals surface area (Å²) in [6.07, 6.45) is 3.44. The molecule has 0 spiro atoms. The maximum atomic E-state index is 12.3. The van der Waals surface area contributed by atoms with Crippen LogP contribution in [-0.4, -0.2) is 24.4 Å². The van der Waals surface area contributed by atoms with Crippen LogP contribution in [-0.2, 0) is 9.59 Å². The van der Waals surface area contributed by atoms with E-state index in [1.54, 1.807) is 0 Å². The van der Waals surface area contributed by atoms with Crippen LogP contribution in [0.15, 0.2) is 28.7 Å². The van der Waals surface area contributed by atoms with E-state index in [1.165, 1.54) is 6.42 Å². The van der Waals surface area contributed by atoms with Gasteiger partial charge in [-0.15, -0.1) is 0 Å². The molecule has 0 heterocycles. The van der Waals surface area contributed by atoms with Crippen LogP contribution in [0.3, 0.4) is 0 Å². The molecule has 24 heavy (non-hydrogen) atoms. The molecule has 6 heteroatoms. The zero-order valence-electron chi connectivity index (χ0n) is 14.2. The highest BCUT2D eigenvalue weighted by Crippen LogP contribution is 2.37. The number of hydrogen-bond acceptors (Lipinski definition) is 3. The first kappa shape index (κ1) is 18.9. The summed E-state index contributed by atoms with van der Waals surface area (Å²) in [5.41, 5.74) is 6.88. The molecule has 1 fully saturated rings. The molecule has 0 bridgehead atoms. The minimum atomic E-state index is -0.591. The molecule has 0 aliphatic heterocycles. The number of benzene rings is 1. The van der Waals surface area contributed by atoms with Crippen molar-refractivity contribution in [2.75, 3.05) is 6.54 Å². The normalized spacial score (nSPS) is 17.0. The van der Waals surface area contributed by atoms with Crippen molar-refractivity contribution in [3.8, 4) is 0 Å². The average molecular weight is 396 g/mol. The second-order valence-electron chi connectivity index (χ2n) is 6.78. The van der Waals surface area contributed by atoms with Crippen molar-refractivity contribution < 1.29 is 9.59 Å². The number of hydrogen-bond donors (Lipinski definition) is 3. The lowest BCUT2D eigenvalue weighted by Crippen LogP contribution is -2.48. The van der Waals surface area contributed by atoms with Crippen LogP contribution in [0.5, 0.6) is 0 Å². The predicted octanol–water partition coefficient (Wildman–Crippen LogP) is 2.51. The van der Waals surface area contributed by atoms with E-state index in [0.29, 0.717) is 5.92 Å². The third-order valence-corrected chi connectivity index (χ3v) is 5.14. The second-order valence-corrected chi connectivity index (χ2v) is 7.69. The van der Waals surface area contributed by atoms with Gasteiger partial charge in [0.25, 0.3) is 0 Å². The van der Waals surface area contributed by atoms with Crippen molar-refractivity contribution in [3.63, 3.8) is 0 Å². The van der Waals surface area contributed by atoms with Crippen LogP contribution in [0.25, 0.3) is 0 Å². The van der Waals surface area contributed by atoms with Crippen molar-refractivity contribution >= 4 is 27.7 Å². The summed E-state index contributed by atoms with van der Waals surface area (Å²) in [7, 11) is 0. The number of carbonyl (C=O) groups is 2. The van der Waals surface area contributed by atoms with Gasteiger partial charge >= 0.3 is 0 Å². The lowest BCUT2D eigenvalue weighted by molar-refractivity contribution is -0.128. The molecule has 1 saturated carbocycles. The lowest BCUT2D eigenvalue weighted by atomic mass is 9.77. The number of amides is 2. The molecule has 4 N–H and O–H groups in total. The van der Waals surface area contributed by atoms with Gasteiger partial charge in [0.2, 0.25) is 11.8 Å². The fraction of sp³-hybridized carbons (Fsp3) is 0.556. The molecule has 2 atom stereocenters. The van der Waals surface area contributed by atoms with Gasteiger partial charge in [-0.05, 0) is 42.4 Å². The Balaban J connectivity index is 1.93. The third-order valence-electron chi connectivity index (χ3n) is 4.61. The highest BCUT2D eigenvalue weighted by atomic mass is 79.9. The van der Waals surface area contributed by atoms with Crippen LogP contribution in [0.1, 0.15) is 44.7 Å². The van der Waals surface area contributed by atoms with Crippen LogP contribution in [0.4, 0.5) is 0 Å². The van der Waals surface area contributed by atoms with Gasteiger partial charge in [-0.25, -0.2) is 0 Å². The molecule has 2 amide bonds. The van der Waals surface area contributed by atoms with Gasteiger partial charge in [-0.1, -0.05) is 48.3 Å². The highest BCUT2D eigenvalue weighted by molar-refractivity contribution is 9.10. The zero-order valence-corrected chi connectivity index (χ0v) is 15.8.